The Morgan fingerprint density at radius 1 is 0.882 bits per heavy atom. The first kappa shape index (κ1) is 11.3. The predicted molar refractivity (Wildman–Crippen MR) is 63.1 cm³/mol. The van der Waals surface area contributed by atoms with Gasteiger partial charge in [0.15, 0.2) is 4.98 Å². The molecule has 17 heavy (non-hydrogen) atoms. The van der Waals surface area contributed by atoms with Crippen LogP contribution < -0.4 is 0 Å². The average Bonchev–Trinajstić information content (AvgIpc) is 2.40. The maximum absolute atomic E-state index is 12.2. The van der Waals surface area contributed by atoms with E-state index in [2.05, 4.69) is 4.98 Å². The minimum atomic E-state index is -3.54. The lowest BCUT2D eigenvalue weighted by Gasteiger charge is -2.02. The molecule has 0 atom stereocenters. The molecule has 0 heterocycles. The molecule has 0 aliphatic carbocycles. The molecule has 0 bridgehead atoms. The molecule has 0 saturated heterocycles. The van der Waals surface area contributed by atoms with Gasteiger partial charge in [0.1, 0.15) is 0 Å². The van der Waals surface area contributed by atoms with E-state index in [1.807, 2.05) is 0 Å². The largest absolute Gasteiger partial charge is 0.386 e. The normalized spacial score (nSPS) is 10.8. The molecule has 0 amide bonds. The van der Waals surface area contributed by atoms with Crippen molar-refractivity contribution in [3.63, 3.8) is 0 Å². The number of benzene rings is 2. The van der Waals surface area contributed by atoms with Gasteiger partial charge in [0.2, 0.25) is 15.2 Å². The molecule has 0 N–H and O–H groups in total. The molecule has 0 radical (unpaired) electrons. The third kappa shape index (κ3) is 2.17. The van der Waals surface area contributed by atoms with Crippen LogP contribution in [0.15, 0.2) is 64.4 Å². The number of rotatable bonds is 2. The standard InChI is InChI=1S/C12H9N2O2S/c13-14-10-5-4-8-12(9-10)17(15,16)11-6-2-1-3-7-11/h1-9H/q+1. The average molecular weight is 245 g/mol. The molecular formula is C12H9N2O2S+. The van der Waals surface area contributed by atoms with Crippen molar-refractivity contribution in [1.82, 2.24) is 0 Å². The molecule has 2 rings (SSSR count). The first-order valence-electron chi connectivity index (χ1n) is 4.90. The highest BCUT2D eigenvalue weighted by molar-refractivity contribution is 7.91. The van der Waals surface area contributed by atoms with Crippen molar-refractivity contribution in [2.75, 3.05) is 0 Å². The van der Waals surface area contributed by atoms with Crippen molar-refractivity contribution in [1.29, 1.82) is 5.39 Å². The second-order valence-electron chi connectivity index (χ2n) is 3.41. The number of nitrogens with zero attached hydrogens (tertiary/aromatic N) is 2. The minimum Gasteiger partial charge on any atom is -0.219 e. The van der Waals surface area contributed by atoms with Gasteiger partial charge in [-0.25, -0.2) is 8.42 Å². The molecule has 0 aliphatic heterocycles. The topological polar surface area (TPSA) is 62.3 Å². The van der Waals surface area contributed by atoms with Crippen molar-refractivity contribution < 1.29 is 8.42 Å². The van der Waals surface area contributed by atoms with Crippen molar-refractivity contribution in [2.24, 2.45) is 0 Å². The molecule has 0 unspecified atom stereocenters. The van der Waals surface area contributed by atoms with Crippen molar-refractivity contribution in [3.05, 3.63) is 59.6 Å². The highest BCUT2D eigenvalue weighted by Crippen LogP contribution is 2.24. The lowest BCUT2D eigenvalue weighted by Crippen LogP contribution is -2.01. The first-order chi connectivity index (χ1) is 8.14. The van der Waals surface area contributed by atoms with Crippen molar-refractivity contribution >= 4 is 15.5 Å². The van der Waals surface area contributed by atoms with E-state index in [0.717, 1.165) is 0 Å². The zero-order valence-corrected chi connectivity index (χ0v) is 9.63. The van der Waals surface area contributed by atoms with Crippen LogP contribution in [0, 0.1) is 5.39 Å². The van der Waals surface area contributed by atoms with Gasteiger partial charge in [-0.15, -0.1) is 0 Å². The van der Waals surface area contributed by atoms with E-state index in [4.69, 9.17) is 5.39 Å². The summed E-state index contributed by atoms with van der Waals surface area (Å²) in [6, 6.07) is 14.0. The fourth-order valence-corrected chi connectivity index (χ4v) is 2.77. The number of sulfone groups is 1. The summed E-state index contributed by atoms with van der Waals surface area (Å²) in [7, 11) is -3.54. The monoisotopic (exact) mass is 245 g/mol. The van der Waals surface area contributed by atoms with Gasteiger partial charge < -0.3 is 0 Å². The zero-order chi connectivity index (χ0) is 12.3. The first-order valence-corrected chi connectivity index (χ1v) is 6.38. The van der Waals surface area contributed by atoms with Gasteiger partial charge in [-0.2, -0.15) is 0 Å². The molecule has 2 aromatic carbocycles. The molecule has 5 heteroatoms. The summed E-state index contributed by atoms with van der Waals surface area (Å²) in [4.78, 5) is 3.30. The Balaban J connectivity index is 2.57. The fourth-order valence-electron chi connectivity index (χ4n) is 1.45. The third-order valence-electron chi connectivity index (χ3n) is 2.30. The predicted octanol–water partition coefficient (Wildman–Crippen LogP) is 3.00. The maximum Gasteiger partial charge on any atom is 0.386 e. The van der Waals surface area contributed by atoms with E-state index >= 15 is 0 Å². The van der Waals surface area contributed by atoms with Gasteiger partial charge >= 0.3 is 5.69 Å². The van der Waals surface area contributed by atoms with Gasteiger partial charge in [0.05, 0.1) is 15.9 Å². The summed E-state index contributed by atoms with van der Waals surface area (Å²) in [6.45, 7) is 0. The smallest absolute Gasteiger partial charge is 0.219 e. The van der Waals surface area contributed by atoms with Crippen LogP contribution in [-0.2, 0) is 9.84 Å². The summed E-state index contributed by atoms with van der Waals surface area (Å²) >= 11 is 0. The molecule has 0 aliphatic rings. The Labute approximate surface area is 99.1 Å². The van der Waals surface area contributed by atoms with Crippen LogP contribution >= 0.6 is 0 Å². The molecule has 0 aromatic heterocycles. The Morgan fingerprint density at radius 2 is 1.53 bits per heavy atom. The quantitative estimate of drug-likeness (QED) is 0.764. The van der Waals surface area contributed by atoms with E-state index in [1.165, 1.54) is 36.4 Å². The second-order valence-corrected chi connectivity index (χ2v) is 5.36. The Bertz CT molecular complexity index is 673. The lowest BCUT2D eigenvalue weighted by atomic mass is 10.3. The van der Waals surface area contributed by atoms with E-state index in [0.29, 0.717) is 0 Å². The summed E-state index contributed by atoms with van der Waals surface area (Å²) in [5, 5.41) is 8.63. The van der Waals surface area contributed by atoms with Crippen LogP contribution in [0.2, 0.25) is 0 Å². The van der Waals surface area contributed by atoms with Crippen LogP contribution in [0.4, 0.5) is 5.69 Å². The SMILES string of the molecule is N#[N+]c1cccc(S(=O)(=O)c2ccccc2)c1. The molecule has 2 aromatic rings. The Kier molecular flexibility index (Phi) is 2.90. The number of diazo groups is 1. The summed E-state index contributed by atoms with van der Waals surface area (Å²) in [5.74, 6) is 0. The number of hydrogen-bond donors (Lipinski definition) is 0. The van der Waals surface area contributed by atoms with Gasteiger partial charge in [-0.3, -0.25) is 0 Å². The van der Waals surface area contributed by atoms with Crippen LogP contribution in [0.3, 0.4) is 0 Å². The maximum atomic E-state index is 12.2. The van der Waals surface area contributed by atoms with E-state index in [1.54, 1.807) is 18.2 Å². The molecular weight excluding hydrogens is 236 g/mol. The molecule has 0 spiro atoms. The Morgan fingerprint density at radius 3 is 2.18 bits per heavy atom. The number of hydrogen-bond acceptors (Lipinski definition) is 3. The highest BCUT2D eigenvalue weighted by Gasteiger charge is 2.19. The third-order valence-corrected chi connectivity index (χ3v) is 4.06. The summed E-state index contributed by atoms with van der Waals surface area (Å²) < 4.78 is 24.4. The molecule has 0 saturated carbocycles. The minimum absolute atomic E-state index is 0.110. The zero-order valence-electron chi connectivity index (χ0n) is 8.82. The second kappa shape index (κ2) is 4.36. The lowest BCUT2D eigenvalue weighted by molar-refractivity contribution is 0.596. The fraction of sp³-hybridized carbons (Fsp3) is 0. The molecule has 4 nitrogen and oxygen atoms in total. The van der Waals surface area contributed by atoms with Crippen LogP contribution in [0.5, 0.6) is 0 Å². The van der Waals surface area contributed by atoms with Crippen LogP contribution in [0.25, 0.3) is 4.98 Å². The van der Waals surface area contributed by atoms with Crippen LogP contribution in [0.1, 0.15) is 0 Å². The highest BCUT2D eigenvalue weighted by atomic mass is 32.2. The van der Waals surface area contributed by atoms with Gasteiger partial charge in [0.25, 0.3) is 0 Å². The molecule has 0 fully saturated rings. The summed E-state index contributed by atoms with van der Waals surface area (Å²) in [6.07, 6.45) is 0. The van der Waals surface area contributed by atoms with Gasteiger partial charge in [-0.1, -0.05) is 24.3 Å². The Hall–Kier alpha value is -2.19. The van der Waals surface area contributed by atoms with Crippen molar-refractivity contribution in [2.45, 2.75) is 9.79 Å². The van der Waals surface area contributed by atoms with Gasteiger partial charge in [-0.05, 0) is 18.2 Å². The van der Waals surface area contributed by atoms with Crippen LogP contribution in [-0.4, -0.2) is 8.42 Å². The van der Waals surface area contributed by atoms with E-state index < -0.39 is 9.84 Å². The van der Waals surface area contributed by atoms with Crippen molar-refractivity contribution in [3.8, 4) is 0 Å². The summed E-state index contributed by atoms with van der Waals surface area (Å²) in [5.41, 5.74) is 0.210. The molecule has 84 valence electrons. The van der Waals surface area contributed by atoms with Gasteiger partial charge in [0, 0.05) is 6.07 Å². The van der Waals surface area contributed by atoms with E-state index in [9.17, 15) is 8.42 Å². The van der Waals surface area contributed by atoms with E-state index in [-0.39, 0.29) is 15.5 Å².